The number of carbonyl (C=O) groups excluding carboxylic acids is 1. The normalized spacial score (nSPS) is 15.0. The second-order valence-electron chi connectivity index (χ2n) is 4.40. The molecule has 0 N–H and O–H groups in total. The number of esters is 1. The van der Waals surface area contributed by atoms with E-state index in [2.05, 4.69) is 4.90 Å². The fraction of sp³-hybridized carbons (Fsp3) is 0.462. The maximum atomic E-state index is 11.8. The van der Waals surface area contributed by atoms with E-state index in [0.29, 0.717) is 19.8 Å². The van der Waals surface area contributed by atoms with E-state index in [1.54, 1.807) is 0 Å². The number of non-ortho nitro benzene ring substituents is 1. The molecule has 0 amide bonds. The van der Waals surface area contributed by atoms with Crippen molar-refractivity contribution in [2.24, 2.45) is 0 Å². The SMILES string of the molecule is Cl.O=C(OCCN1CCOCC1)c1cccc([N+](=O)[O-])c1. The summed E-state index contributed by atoms with van der Waals surface area (Å²) in [5, 5.41) is 10.6. The van der Waals surface area contributed by atoms with Crippen molar-refractivity contribution in [2.45, 2.75) is 0 Å². The van der Waals surface area contributed by atoms with E-state index in [9.17, 15) is 14.9 Å². The summed E-state index contributed by atoms with van der Waals surface area (Å²) in [6.07, 6.45) is 0. The average molecular weight is 317 g/mol. The molecule has 0 spiro atoms. The van der Waals surface area contributed by atoms with Crippen molar-refractivity contribution in [1.29, 1.82) is 0 Å². The fourth-order valence-corrected chi connectivity index (χ4v) is 1.92. The summed E-state index contributed by atoms with van der Waals surface area (Å²) < 4.78 is 10.3. The smallest absolute Gasteiger partial charge is 0.338 e. The minimum atomic E-state index is -0.540. The lowest BCUT2D eigenvalue weighted by atomic mass is 10.2. The number of nitro benzene ring substituents is 1. The van der Waals surface area contributed by atoms with E-state index in [-0.39, 0.29) is 30.3 Å². The molecule has 0 aliphatic carbocycles. The molecule has 2 rings (SSSR count). The van der Waals surface area contributed by atoms with Crippen LogP contribution in [0, 0.1) is 10.1 Å². The van der Waals surface area contributed by atoms with Crippen molar-refractivity contribution in [3.8, 4) is 0 Å². The van der Waals surface area contributed by atoms with Crippen LogP contribution in [-0.4, -0.2) is 55.2 Å². The quantitative estimate of drug-likeness (QED) is 0.465. The van der Waals surface area contributed by atoms with Gasteiger partial charge in [-0.1, -0.05) is 6.07 Å². The first-order valence-electron chi connectivity index (χ1n) is 6.38. The van der Waals surface area contributed by atoms with Gasteiger partial charge in [0.05, 0.1) is 23.7 Å². The minimum Gasteiger partial charge on any atom is -0.461 e. The van der Waals surface area contributed by atoms with Gasteiger partial charge >= 0.3 is 5.97 Å². The van der Waals surface area contributed by atoms with Gasteiger partial charge < -0.3 is 9.47 Å². The van der Waals surface area contributed by atoms with Crippen molar-refractivity contribution in [1.82, 2.24) is 4.90 Å². The highest BCUT2D eigenvalue weighted by molar-refractivity contribution is 5.90. The van der Waals surface area contributed by atoms with Crippen molar-refractivity contribution in [2.75, 3.05) is 39.5 Å². The summed E-state index contributed by atoms with van der Waals surface area (Å²) in [4.78, 5) is 24.0. The number of ether oxygens (including phenoxy) is 2. The lowest BCUT2D eigenvalue weighted by Gasteiger charge is -2.26. The molecule has 1 aliphatic heterocycles. The molecule has 7 nitrogen and oxygen atoms in total. The summed E-state index contributed by atoms with van der Waals surface area (Å²) in [5.74, 6) is -0.540. The van der Waals surface area contributed by atoms with Crippen molar-refractivity contribution >= 4 is 24.1 Å². The summed E-state index contributed by atoms with van der Waals surface area (Å²) in [7, 11) is 0. The first kappa shape index (κ1) is 17.4. The van der Waals surface area contributed by atoms with Crippen LogP contribution in [0.25, 0.3) is 0 Å². The number of nitrogens with zero attached hydrogens (tertiary/aromatic N) is 2. The Bertz CT molecular complexity index is 491. The fourth-order valence-electron chi connectivity index (χ4n) is 1.92. The van der Waals surface area contributed by atoms with Crippen LogP contribution in [0.15, 0.2) is 24.3 Å². The minimum absolute atomic E-state index is 0. The van der Waals surface area contributed by atoms with Gasteiger partial charge in [-0.2, -0.15) is 0 Å². The van der Waals surface area contributed by atoms with E-state index in [1.165, 1.54) is 24.3 Å². The Balaban J connectivity index is 0.00000220. The van der Waals surface area contributed by atoms with E-state index in [0.717, 1.165) is 13.1 Å². The number of hydrogen-bond donors (Lipinski definition) is 0. The molecule has 1 fully saturated rings. The van der Waals surface area contributed by atoms with Gasteiger partial charge in [-0.25, -0.2) is 4.79 Å². The standard InChI is InChI=1S/C13H16N2O5.ClH/c16-13(11-2-1-3-12(10-11)15(17)18)20-9-6-14-4-7-19-8-5-14;/h1-3,10H,4-9H2;1H. The lowest BCUT2D eigenvalue weighted by Crippen LogP contribution is -2.38. The molecule has 1 saturated heterocycles. The third-order valence-electron chi connectivity index (χ3n) is 3.04. The third-order valence-corrected chi connectivity index (χ3v) is 3.04. The zero-order chi connectivity index (χ0) is 14.4. The Kier molecular flexibility index (Phi) is 7.07. The van der Waals surface area contributed by atoms with E-state index >= 15 is 0 Å². The van der Waals surface area contributed by atoms with Crippen molar-refractivity contribution < 1.29 is 19.2 Å². The van der Waals surface area contributed by atoms with Gasteiger partial charge in [0, 0.05) is 31.8 Å². The van der Waals surface area contributed by atoms with Crippen LogP contribution in [0.1, 0.15) is 10.4 Å². The molecule has 0 radical (unpaired) electrons. The number of benzene rings is 1. The molecule has 1 aliphatic rings. The van der Waals surface area contributed by atoms with Crippen LogP contribution in [0.3, 0.4) is 0 Å². The third kappa shape index (κ3) is 5.30. The molecule has 0 saturated carbocycles. The largest absolute Gasteiger partial charge is 0.461 e. The van der Waals surface area contributed by atoms with Gasteiger partial charge in [-0.3, -0.25) is 15.0 Å². The Morgan fingerprint density at radius 2 is 2.10 bits per heavy atom. The van der Waals surface area contributed by atoms with Crippen molar-refractivity contribution in [3.63, 3.8) is 0 Å². The molecule has 21 heavy (non-hydrogen) atoms. The number of carbonyl (C=O) groups is 1. The first-order chi connectivity index (χ1) is 9.66. The van der Waals surface area contributed by atoms with Crippen LogP contribution >= 0.6 is 12.4 Å². The molecule has 8 heteroatoms. The van der Waals surface area contributed by atoms with Crippen LogP contribution in [-0.2, 0) is 9.47 Å². The van der Waals surface area contributed by atoms with Gasteiger partial charge in [0.1, 0.15) is 6.61 Å². The summed E-state index contributed by atoms with van der Waals surface area (Å²) in [5.41, 5.74) is 0.0776. The highest BCUT2D eigenvalue weighted by atomic mass is 35.5. The highest BCUT2D eigenvalue weighted by Gasteiger charge is 2.14. The number of rotatable bonds is 5. The average Bonchev–Trinajstić information content (AvgIpc) is 2.48. The topological polar surface area (TPSA) is 81.9 Å². The molecule has 1 aromatic rings. The Labute approximate surface area is 128 Å². The first-order valence-corrected chi connectivity index (χ1v) is 6.38. The van der Waals surface area contributed by atoms with Gasteiger partial charge in [-0.15, -0.1) is 12.4 Å². The lowest BCUT2D eigenvalue weighted by molar-refractivity contribution is -0.384. The zero-order valence-corrected chi connectivity index (χ0v) is 12.2. The summed E-state index contributed by atoms with van der Waals surface area (Å²) in [6, 6.07) is 5.53. The van der Waals surface area contributed by atoms with Crippen LogP contribution < -0.4 is 0 Å². The molecule has 0 unspecified atom stereocenters. The second kappa shape index (κ2) is 8.56. The number of nitro groups is 1. The van der Waals surface area contributed by atoms with E-state index < -0.39 is 10.9 Å². The summed E-state index contributed by atoms with van der Waals surface area (Å²) >= 11 is 0. The molecular formula is C13H17ClN2O5. The molecular weight excluding hydrogens is 300 g/mol. The molecule has 0 atom stereocenters. The van der Waals surface area contributed by atoms with Gasteiger partial charge in [-0.05, 0) is 6.07 Å². The highest BCUT2D eigenvalue weighted by Crippen LogP contribution is 2.13. The Morgan fingerprint density at radius 1 is 1.38 bits per heavy atom. The molecule has 116 valence electrons. The zero-order valence-electron chi connectivity index (χ0n) is 11.4. The van der Waals surface area contributed by atoms with E-state index in [1.807, 2.05) is 0 Å². The molecule has 0 bridgehead atoms. The van der Waals surface area contributed by atoms with Gasteiger partial charge in [0.2, 0.25) is 0 Å². The Morgan fingerprint density at radius 3 is 2.76 bits per heavy atom. The van der Waals surface area contributed by atoms with Crippen LogP contribution in [0.4, 0.5) is 5.69 Å². The van der Waals surface area contributed by atoms with E-state index in [4.69, 9.17) is 9.47 Å². The number of halogens is 1. The van der Waals surface area contributed by atoms with Gasteiger partial charge in [0.25, 0.3) is 5.69 Å². The van der Waals surface area contributed by atoms with Crippen LogP contribution in [0.2, 0.25) is 0 Å². The number of morpholine rings is 1. The monoisotopic (exact) mass is 316 g/mol. The summed E-state index contributed by atoms with van der Waals surface area (Å²) in [6.45, 7) is 3.95. The second-order valence-corrected chi connectivity index (χ2v) is 4.40. The van der Waals surface area contributed by atoms with Crippen LogP contribution in [0.5, 0.6) is 0 Å². The molecule has 1 heterocycles. The number of hydrogen-bond acceptors (Lipinski definition) is 6. The molecule has 1 aromatic carbocycles. The Hall–Kier alpha value is -1.70. The van der Waals surface area contributed by atoms with Gasteiger partial charge in [0.15, 0.2) is 0 Å². The predicted molar refractivity (Wildman–Crippen MR) is 77.9 cm³/mol. The maximum absolute atomic E-state index is 11.8. The molecule has 0 aromatic heterocycles. The van der Waals surface area contributed by atoms with Crippen molar-refractivity contribution in [3.05, 3.63) is 39.9 Å². The maximum Gasteiger partial charge on any atom is 0.338 e. The predicted octanol–water partition coefficient (Wildman–Crippen LogP) is 1.51.